The molecule has 0 fully saturated rings. The average Bonchev–Trinajstić information content (AvgIpc) is 2.79. The lowest BCUT2D eigenvalue weighted by Crippen LogP contribution is -2.01. The number of nitrogens with zero attached hydrogens (tertiary/aromatic N) is 3. The molecule has 0 bridgehead atoms. The molecule has 0 amide bonds. The van der Waals surface area contributed by atoms with E-state index in [4.69, 9.17) is 5.26 Å². The van der Waals surface area contributed by atoms with Crippen LogP contribution >= 0.6 is 0 Å². The fourth-order valence-corrected chi connectivity index (χ4v) is 1.20. The highest BCUT2D eigenvalue weighted by atomic mass is 14.9. The fourth-order valence-electron chi connectivity index (χ4n) is 1.20. The van der Waals surface area contributed by atoms with Crippen LogP contribution in [-0.2, 0) is 6.54 Å². The van der Waals surface area contributed by atoms with Crippen LogP contribution in [0.1, 0.15) is 11.3 Å². The molecule has 0 aromatic carbocycles. The van der Waals surface area contributed by atoms with Gasteiger partial charge in [0.15, 0.2) is 0 Å². The van der Waals surface area contributed by atoms with E-state index >= 15 is 0 Å². The maximum absolute atomic E-state index is 8.84. The van der Waals surface area contributed by atoms with Crippen molar-refractivity contribution in [2.24, 2.45) is 0 Å². The minimum atomic E-state index is 0.588. The van der Waals surface area contributed by atoms with Gasteiger partial charge in [0.05, 0.1) is 36.0 Å². The molecule has 2 rings (SSSR count). The molecule has 5 nitrogen and oxygen atoms in total. The van der Waals surface area contributed by atoms with Crippen molar-refractivity contribution in [3.05, 3.63) is 42.2 Å². The van der Waals surface area contributed by atoms with Gasteiger partial charge in [-0.15, -0.1) is 0 Å². The summed E-state index contributed by atoms with van der Waals surface area (Å²) in [5, 5.41) is 11.9. The molecule has 0 unspecified atom stereocenters. The Morgan fingerprint density at radius 2 is 2.33 bits per heavy atom. The minimum Gasteiger partial charge on any atom is -0.377 e. The highest BCUT2D eigenvalue weighted by Crippen LogP contribution is 2.12. The van der Waals surface area contributed by atoms with Crippen molar-refractivity contribution >= 4 is 5.69 Å². The maximum atomic E-state index is 8.84. The molecule has 2 heterocycles. The predicted octanol–water partition coefficient (Wildman–Crippen LogP) is 1.29. The van der Waals surface area contributed by atoms with Gasteiger partial charge in [-0.05, 0) is 6.07 Å². The minimum absolute atomic E-state index is 0.588. The zero-order valence-corrected chi connectivity index (χ0v) is 7.94. The number of hydrogen-bond acceptors (Lipinski definition) is 4. The van der Waals surface area contributed by atoms with E-state index in [1.807, 2.05) is 0 Å². The number of pyridine rings is 1. The maximum Gasteiger partial charge on any atom is 0.101 e. The van der Waals surface area contributed by atoms with E-state index in [1.165, 1.54) is 0 Å². The van der Waals surface area contributed by atoms with Gasteiger partial charge < -0.3 is 10.3 Å². The van der Waals surface area contributed by atoms with Crippen LogP contribution in [0.3, 0.4) is 0 Å². The van der Waals surface area contributed by atoms with Crippen LogP contribution in [0.4, 0.5) is 5.69 Å². The summed E-state index contributed by atoms with van der Waals surface area (Å²) in [7, 11) is 0. The molecule has 0 aliphatic carbocycles. The fraction of sp³-hybridized carbons (Fsp3) is 0.100. The number of H-pyrrole nitrogens is 1. The van der Waals surface area contributed by atoms with Crippen molar-refractivity contribution in [1.82, 2.24) is 15.0 Å². The smallest absolute Gasteiger partial charge is 0.101 e. The number of nitriles is 1. The molecule has 0 spiro atoms. The third kappa shape index (κ3) is 2.11. The topological polar surface area (TPSA) is 77.4 Å². The van der Waals surface area contributed by atoms with E-state index in [0.29, 0.717) is 12.1 Å². The highest BCUT2D eigenvalue weighted by Gasteiger charge is 2.00. The quantitative estimate of drug-likeness (QED) is 0.780. The molecule has 0 atom stereocenters. The molecule has 2 aromatic heterocycles. The first-order valence-corrected chi connectivity index (χ1v) is 4.45. The Kier molecular flexibility index (Phi) is 2.61. The first-order chi connectivity index (χ1) is 7.40. The Balaban J connectivity index is 2.08. The second-order valence-corrected chi connectivity index (χ2v) is 2.96. The van der Waals surface area contributed by atoms with Crippen LogP contribution in [0.2, 0.25) is 0 Å². The molecule has 0 radical (unpaired) electrons. The molecule has 2 aromatic rings. The zero-order chi connectivity index (χ0) is 10.5. The average molecular weight is 199 g/mol. The summed E-state index contributed by atoms with van der Waals surface area (Å²) in [6.07, 6.45) is 6.58. The number of aromatic nitrogens is 3. The summed E-state index contributed by atoms with van der Waals surface area (Å²) >= 11 is 0. The molecule has 5 heteroatoms. The first kappa shape index (κ1) is 9.21. The van der Waals surface area contributed by atoms with E-state index in [9.17, 15) is 0 Å². The second-order valence-electron chi connectivity index (χ2n) is 2.96. The number of nitrogens with one attached hydrogen (secondary N) is 2. The van der Waals surface area contributed by atoms with Crippen molar-refractivity contribution < 1.29 is 0 Å². The Morgan fingerprint density at radius 1 is 1.40 bits per heavy atom. The lowest BCUT2D eigenvalue weighted by molar-refractivity contribution is 1.07. The third-order valence-corrected chi connectivity index (χ3v) is 1.97. The van der Waals surface area contributed by atoms with Gasteiger partial charge in [0.2, 0.25) is 0 Å². The molecule has 0 aliphatic rings. The summed E-state index contributed by atoms with van der Waals surface area (Å²) in [6.45, 7) is 0.598. The van der Waals surface area contributed by atoms with Gasteiger partial charge in [-0.3, -0.25) is 4.98 Å². The molecule has 0 saturated heterocycles. The lowest BCUT2D eigenvalue weighted by atomic mass is 10.2. The molecule has 2 N–H and O–H groups in total. The summed E-state index contributed by atoms with van der Waals surface area (Å²) in [6, 6.07) is 3.77. The van der Waals surface area contributed by atoms with Crippen LogP contribution in [0.5, 0.6) is 0 Å². The Labute approximate surface area is 86.8 Å². The van der Waals surface area contributed by atoms with Crippen molar-refractivity contribution in [1.29, 1.82) is 5.26 Å². The number of anilines is 1. The monoisotopic (exact) mass is 199 g/mol. The number of rotatable bonds is 3. The van der Waals surface area contributed by atoms with E-state index in [0.717, 1.165) is 11.4 Å². The van der Waals surface area contributed by atoms with Gasteiger partial charge in [-0.25, -0.2) is 4.98 Å². The van der Waals surface area contributed by atoms with Crippen LogP contribution in [0.25, 0.3) is 0 Å². The predicted molar refractivity (Wildman–Crippen MR) is 54.9 cm³/mol. The Bertz CT molecular complexity index is 469. The van der Waals surface area contributed by atoms with Gasteiger partial charge in [-0.2, -0.15) is 5.26 Å². The van der Waals surface area contributed by atoms with E-state index < -0.39 is 0 Å². The zero-order valence-electron chi connectivity index (χ0n) is 7.94. The summed E-state index contributed by atoms with van der Waals surface area (Å²) in [5.74, 6) is 0. The van der Waals surface area contributed by atoms with E-state index in [-0.39, 0.29) is 0 Å². The van der Waals surface area contributed by atoms with Crippen molar-refractivity contribution in [2.75, 3.05) is 5.32 Å². The third-order valence-electron chi connectivity index (χ3n) is 1.97. The van der Waals surface area contributed by atoms with Crippen LogP contribution < -0.4 is 5.32 Å². The summed E-state index contributed by atoms with van der Waals surface area (Å²) in [5.41, 5.74) is 2.28. The second kappa shape index (κ2) is 4.24. The molecular formula is C10H9N5. The van der Waals surface area contributed by atoms with Crippen molar-refractivity contribution in [3.8, 4) is 6.07 Å². The van der Waals surface area contributed by atoms with Crippen LogP contribution in [-0.4, -0.2) is 15.0 Å². The largest absolute Gasteiger partial charge is 0.377 e. The summed E-state index contributed by atoms with van der Waals surface area (Å²) < 4.78 is 0. The molecule has 0 aliphatic heterocycles. The number of imidazole rings is 1. The number of aromatic amines is 1. The number of hydrogen-bond donors (Lipinski definition) is 2. The molecule has 15 heavy (non-hydrogen) atoms. The standard InChI is InChI=1S/C10H9N5/c11-3-8-1-2-12-6-10(8)14-5-9-4-13-7-15-9/h1-2,4,6-7,14H,5H2,(H,13,15). The normalized spacial score (nSPS) is 9.53. The molecule has 74 valence electrons. The SMILES string of the molecule is N#Cc1ccncc1NCc1cnc[nH]1. The molecule has 0 saturated carbocycles. The summed E-state index contributed by atoms with van der Waals surface area (Å²) in [4.78, 5) is 10.8. The molecular weight excluding hydrogens is 190 g/mol. The van der Waals surface area contributed by atoms with Crippen LogP contribution in [0.15, 0.2) is 31.0 Å². The Morgan fingerprint density at radius 3 is 3.07 bits per heavy atom. The lowest BCUT2D eigenvalue weighted by Gasteiger charge is -2.05. The van der Waals surface area contributed by atoms with Gasteiger partial charge in [0.25, 0.3) is 0 Å². The van der Waals surface area contributed by atoms with Gasteiger partial charge in [0, 0.05) is 12.4 Å². The van der Waals surface area contributed by atoms with Crippen molar-refractivity contribution in [3.63, 3.8) is 0 Å². The highest BCUT2D eigenvalue weighted by molar-refractivity contribution is 5.55. The van der Waals surface area contributed by atoms with Gasteiger partial charge >= 0.3 is 0 Å². The van der Waals surface area contributed by atoms with E-state index in [1.54, 1.807) is 31.0 Å². The van der Waals surface area contributed by atoms with Crippen LogP contribution in [0, 0.1) is 11.3 Å². The Hall–Kier alpha value is -2.35. The van der Waals surface area contributed by atoms with Crippen molar-refractivity contribution in [2.45, 2.75) is 6.54 Å². The first-order valence-electron chi connectivity index (χ1n) is 4.45. The van der Waals surface area contributed by atoms with Gasteiger partial charge in [0.1, 0.15) is 6.07 Å². The van der Waals surface area contributed by atoms with Gasteiger partial charge in [-0.1, -0.05) is 0 Å². The van der Waals surface area contributed by atoms with E-state index in [2.05, 4.69) is 26.3 Å².